The normalized spacial score (nSPS) is 10.5. The zero-order valence-electron chi connectivity index (χ0n) is 17.9. The Balaban J connectivity index is 2.03. The van der Waals surface area contributed by atoms with E-state index in [0.717, 1.165) is 0 Å². The van der Waals surface area contributed by atoms with Gasteiger partial charge in [0.15, 0.2) is 0 Å². The Morgan fingerprint density at radius 2 is 1.61 bits per heavy atom. The maximum atomic E-state index is 13.5. The Labute approximate surface area is 200 Å². The molecular formula is C24H20Cl2N2O5. The summed E-state index contributed by atoms with van der Waals surface area (Å²) in [5.74, 6) is -0.880. The van der Waals surface area contributed by atoms with Gasteiger partial charge in [0.25, 0.3) is 11.6 Å². The number of carbonyl (C=O) groups is 2. The highest BCUT2D eigenvalue weighted by Crippen LogP contribution is 2.30. The third kappa shape index (κ3) is 5.50. The smallest absolute Gasteiger partial charge is 0.338 e. The quantitative estimate of drug-likeness (QED) is 0.224. The third-order valence-electron chi connectivity index (χ3n) is 4.95. The largest absolute Gasteiger partial charge is 0.462 e. The van der Waals surface area contributed by atoms with Gasteiger partial charge in [0.2, 0.25) is 0 Å². The SMILES string of the molecule is CCOC(=O)c1ccc(N(Cc2c(Cl)cccc2Cl)C(=O)c2ccc([N+](=O)[O-])c(C)c2)cc1. The molecule has 3 aromatic rings. The van der Waals surface area contributed by atoms with Gasteiger partial charge < -0.3 is 9.64 Å². The fourth-order valence-electron chi connectivity index (χ4n) is 3.26. The van der Waals surface area contributed by atoms with Gasteiger partial charge in [0.05, 0.1) is 23.6 Å². The van der Waals surface area contributed by atoms with Crippen LogP contribution in [0.5, 0.6) is 0 Å². The number of hydrogen-bond donors (Lipinski definition) is 0. The van der Waals surface area contributed by atoms with E-state index < -0.39 is 16.8 Å². The molecule has 9 heteroatoms. The van der Waals surface area contributed by atoms with E-state index in [4.69, 9.17) is 27.9 Å². The number of amides is 1. The summed E-state index contributed by atoms with van der Waals surface area (Å²) in [7, 11) is 0. The van der Waals surface area contributed by atoms with Gasteiger partial charge in [-0.2, -0.15) is 0 Å². The second kappa shape index (κ2) is 10.5. The van der Waals surface area contributed by atoms with Crippen molar-refractivity contribution in [2.75, 3.05) is 11.5 Å². The van der Waals surface area contributed by atoms with Crippen molar-refractivity contribution >= 4 is 46.5 Å². The van der Waals surface area contributed by atoms with E-state index in [1.165, 1.54) is 23.1 Å². The van der Waals surface area contributed by atoms with Gasteiger partial charge in [0.1, 0.15) is 0 Å². The summed E-state index contributed by atoms with van der Waals surface area (Å²) in [4.78, 5) is 37.6. The van der Waals surface area contributed by atoms with E-state index in [2.05, 4.69) is 0 Å². The first-order chi connectivity index (χ1) is 15.7. The van der Waals surface area contributed by atoms with Crippen LogP contribution >= 0.6 is 23.2 Å². The molecule has 1 amide bonds. The lowest BCUT2D eigenvalue weighted by Gasteiger charge is -2.24. The summed E-state index contributed by atoms with van der Waals surface area (Å²) in [5, 5.41) is 11.9. The first-order valence-corrected chi connectivity index (χ1v) is 10.8. The van der Waals surface area contributed by atoms with Gasteiger partial charge in [-0.25, -0.2) is 4.79 Å². The van der Waals surface area contributed by atoms with Crippen LogP contribution in [0, 0.1) is 17.0 Å². The van der Waals surface area contributed by atoms with E-state index in [1.807, 2.05) is 0 Å². The van der Waals surface area contributed by atoms with Crippen molar-refractivity contribution < 1.29 is 19.2 Å². The maximum Gasteiger partial charge on any atom is 0.338 e. The Morgan fingerprint density at radius 3 is 2.15 bits per heavy atom. The molecule has 170 valence electrons. The number of esters is 1. The summed E-state index contributed by atoms with van der Waals surface area (Å²) in [6.45, 7) is 3.58. The second-order valence-electron chi connectivity index (χ2n) is 7.12. The number of hydrogen-bond acceptors (Lipinski definition) is 5. The summed E-state index contributed by atoms with van der Waals surface area (Å²) < 4.78 is 5.01. The standard InChI is InChI=1S/C24H20Cl2N2O5/c1-3-33-24(30)16-7-10-18(11-8-16)27(14-19-20(25)5-4-6-21(19)26)23(29)17-9-12-22(28(31)32)15(2)13-17/h4-13H,3,14H2,1-2H3. The maximum absolute atomic E-state index is 13.5. The second-order valence-corrected chi connectivity index (χ2v) is 7.93. The van der Waals surface area contributed by atoms with Gasteiger partial charge in [-0.05, 0) is 62.4 Å². The third-order valence-corrected chi connectivity index (χ3v) is 5.66. The van der Waals surface area contributed by atoms with Gasteiger partial charge in [-0.15, -0.1) is 0 Å². The molecule has 0 fully saturated rings. The van der Waals surface area contributed by atoms with Gasteiger partial charge in [-0.1, -0.05) is 29.3 Å². The van der Waals surface area contributed by atoms with Crippen LogP contribution in [0.4, 0.5) is 11.4 Å². The van der Waals surface area contributed by atoms with Crippen LogP contribution in [0.25, 0.3) is 0 Å². The van der Waals surface area contributed by atoms with Crippen molar-refractivity contribution in [3.8, 4) is 0 Å². The fraction of sp³-hybridized carbons (Fsp3) is 0.167. The van der Waals surface area contributed by atoms with Gasteiger partial charge in [-0.3, -0.25) is 14.9 Å². The molecule has 0 unspecified atom stereocenters. The molecule has 0 aliphatic rings. The Bertz CT molecular complexity index is 1190. The molecule has 0 radical (unpaired) electrons. The van der Waals surface area contributed by atoms with Crippen LogP contribution in [0.2, 0.25) is 10.0 Å². The monoisotopic (exact) mass is 486 g/mol. The molecule has 0 saturated carbocycles. The lowest BCUT2D eigenvalue weighted by atomic mass is 10.1. The van der Waals surface area contributed by atoms with Crippen molar-refractivity contribution in [1.29, 1.82) is 0 Å². The van der Waals surface area contributed by atoms with E-state index >= 15 is 0 Å². The predicted molar refractivity (Wildman–Crippen MR) is 127 cm³/mol. The molecule has 0 aliphatic heterocycles. The fourth-order valence-corrected chi connectivity index (χ4v) is 3.78. The molecule has 0 aliphatic carbocycles. The molecule has 3 aromatic carbocycles. The minimum Gasteiger partial charge on any atom is -0.462 e. The number of ether oxygens (including phenoxy) is 1. The molecule has 0 spiro atoms. The molecule has 0 saturated heterocycles. The molecule has 0 aromatic heterocycles. The highest BCUT2D eigenvalue weighted by atomic mass is 35.5. The summed E-state index contributed by atoms with van der Waals surface area (Å²) in [5.41, 5.74) is 1.92. The molecular weight excluding hydrogens is 467 g/mol. The number of nitro groups is 1. The summed E-state index contributed by atoms with van der Waals surface area (Å²) >= 11 is 12.7. The van der Waals surface area contributed by atoms with E-state index in [1.54, 1.807) is 56.3 Å². The van der Waals surface area contributed by atoms with Crippen LogP contribution in [0.15, 0.2) is 60.7 Å². The first-order valence-electron chi connectivity index (χ1n) is 10.00. The summed E-state index contributed by atoms with van der Waals surface area (Å²) in [6.07, 6.45) is 0. The van der Waals surface area contributed by atoms with Crippen LogP contribution in [0.1, 0.15) is 38.8 Å². The molecule has 0 heterocycles. The molecule has 0 atom stereocenters. The first kappa shape index (κ1) is 24.2. The molecule has 0 N–H and O–H groups in total. The number of halogens is 2. The average molecular weight is 487 g/mol. The Kier molecular flexibility index (Phi) is 7.68. The van der Waals surface area contributed by atoms with Crippen molar-refractivity contribution in [2.24, 2.45) is 0 Å². The molecule has 3 rings (SSSR count). The van der Waals surface area contributed by atoms with Crippen LogP contribution < -0.4 is 4.90 Å². The highest BCUT2D eigenvalue weighted by molar-refractivity contribution is 6.36. The van der Waals surface area contributed by atoms with E-state index in [0.29, 0.717) is 32.4 Å². The number of carbonyl (C=O) groups excluding carboxylic acids is 2. The number of aryl methyl sites for hydroxylation is 1. The molecule has 0 bridgehead atoms. The average Bonchev–Trinajstić information content (AvgIpc) is 2.78. The number of anilines is 1. The van der Waals surface area contributed by atoms with Crippen LogP contribution in [-0.2, 0) is 11.3 Å². The predicted octanol–water partition coefficient (Wildman–Crippen LogP) is 6.23. The lowest BCUT2D eigenvalue weighted by Crippen LogP contribution is -2.31. The topological polar surface area (TPSA) is 89.8 Å². The Morgan fingerprint density at radius 1 is 1.00 bits per heavy atom. The molecule has 33 heavy (non-hydrogen) atoms. The van der Waals surface area contributed by atoms with E-state index in [-0.39, 0.29) is 24.4 Å². The highest BCUT2D eigenvalue weighted by Gasteiger charge is 2.23. The van der Waals surface area contributed by atoms with Crippen molar-refractivity contribution in [3.05, 3.63) is 103 Å². The van der Waals surface area contributed by atoms with Crippen LogP contribution in [-0.4, -0.2) is 23.4 Å². The van der Waals surface area contributed by atoms with E-state index in [9.17, 15) is 19.7 Å². The Hall–Kier alpha value is -3.42. The van der Waals surface area contributed by atoms with Crippen molar-refractivity contribution in [2.45, 2.75) is 20.4 Å². The van der Waals surface area contributed by atoms with Crippen LogP contribution in [0.3, 0.4) is 0 Å². The minimum atomic E-state index is -0.501. The van der Waals surface area contributed by atoms with Gasteiger partial charge in [0, 0.05) is 38.5 Å². The zero-order valence-corrected chi connectivity index (χ0v) is 19.4. The lowest BCUT2D eigenvalue weighted by molar-refractivity contribution is -0.385. The van der Waals surface area contributed by atoms with Gasteiger partial charge >= 0.3 is 5.97 Å². The number of nitrogens with zero attached hydrogens (tertiary/aromatic N) is 2. The van der Waals surface area contributed by atoms with Crippen molar-refractivity contribution in [1.82, 2.24) is 0 Å². The summed E-state index contributed by atoms with van der Waals surface area (Å²) in [6, 6.07) is 15.6. The number of nitro benzene ring substituents is 1. The zero-order chi connectivity index (χ0) is 24.1. The number of rotatable bonds is 7. The molecule has 7 nitrogen and oxygen atoms in total. The van der Waals surface area contributed by atoms with Crippen molar-refractivity contribution in [3.63, 3.8) is 0 Å². The minimum absolute atomic E-state index is 0.0477. The number of benzene rings is 3.